The predicted octanol–water partition coefficient (Wildman–Crippen LogP) is 4.01. The monoisotopic (exact) mass is 300 g/mol. The van der Waals surface area contributed by atoms with Crippen molar-refractivity contribution in [2.24, 2.45) is 0 Å². The maximum absolute atomic E-state index is 13.2. The number of hydrogen-bond donors (Lipinski definition) is 1. The molecule has 0 bridgehead atoms. The van der Waals surface area contributed by atoms with Crippen LogP contribution in [-0.2, 0) is 0 Å². The van der Waals surface area contributed by atoms with Gasteiger partial charge in [0.25, 0.3) is 0 Å². The van der Waals surface area contributed by atoms with Crippen LogP contribution in [0, 0.1) is 5.82 Å². The molecule has 2 aromatic rings. The topological polar surface area (TPSA) is 15.3 Å². The zero-order valence-corrected chi connectivity index (χ0v) is 12.4. The molecule has 1 saturated heterocycles. The van der Waals surface area contributed by atoms with Crippen LogP contribution in [0.25, 0.3) is 0 Å². The van der Waals surface area contributed by atoms with Crippen LogP contribution in [0.2, 0.25) is 0 Å². The van der Waals surface area contributed by atoms with Crippen molar-refractivity contribution in [3.05, 3.63) is 66.0 Å². The molecule has 1 aliphatic heterocycles. The SMILES string of the molecule is Fc1cccc(NC(=S)N2CC[C@H](c3ccccc3)C2)c1. The number of halogens is 1. The summed E-state index contributed by atoms with van der Waals surface area (Å²) < 4.78 is 13.2. The highest BCUT2D eigenvalue weighted by molar-refractivity contribution is 7.80. The number of benzene rings is 2. The Hall–Kier alpha value is -1.94. The quantitative estimate of drug-likeness (QED) is 0.844. The third kappa shape index (κ3) is 3.39. The Balaban J connectivity index is 1.62. The fourth-order valence-corrected chi connectivity index (χ4v) is 2.99. The van der Waals surface area contributed by atoms with Crippen molar-refractivity contribution in [1.29, 1.82) is 0 Å². The summed E-state index contributed by atoms with van der Waals surface area (Å²) in [6.45, 7) is 1.84. The molecule has 2 nitrogen and oxygen atoms in total. The minimum Gasteiger partial charge on any atom is -0.348 e. The highest BCUT2D eigenvalue weighted by Crippen LogP contribution is 2.27. The van der Waals surface area contributed by atoms with Crippen molar-refractivity contribution >= 4 is 23.0 Å². The van der Waals surface area contributed by atoms with Crippen LogP contribution in [0.15, 0.2) is 54.6 Å². The largest absolute Gasteiger partial charge is 0.348 e. The van der Waals surface area contributed by atoms with Gasteiger partial charge in [-0.2, -0.15) is 0 Å². The molecule has 1 atom stereocenters. The molecule has 0 spiro atoms. The molecule has 1 heterocycles. The Bertz CT molecular complexity index is 630. The van der Waals surface area contributed by atoms with Gasteiger partial charge in [-0.25, -0.2) is 4.39 Å². The Morgan fingerprint density at radius 3 is 2.71 bits per heavy atom. The minimum atomic E-state index is -0.258. The van der Waals surface area contributed by atoms with Crippen molar-refractivity contribution in [2.75, 3.05) is 18.4 Å². The van der Waals surface area contributed by atoms with Crippen molar-refractivity contribution < 1.29 is 4.39 Å². The third-order valence-electron chi connectivity index (χ3n) is 3.82. The molecule has 0 unspecified atom stereocenters. The molecule has 1 fully saturated rings. The van der Waals surface area contributed by atoms with Crippen LogP contribution in [0.1, 0.15) is 17.9 Å². The van der Waals surface area contributed by atoms with Gasteiger partial charge in [-0.3, -0.25) is 0 Å². The second kappa shape index (κ2) is 6.22. The molecule has 0 amide bonds. The van der Waals surface area contributed by atoms with Gasteiger partial charge in [0.15, 0.2) is 5.11 Å². The Morgan fingerprint density at radius 1 is 1.14 bits per heavy atom. The summed E-state index contributed by atoms with van der Waals surface area (Å²) in [6, 6.07) is 16.9. The second-order valence-electron chi connectivity index (χ2n) is 5.28. The molecule has 0 aromatic heterocycles. The summed E-state index contributed by atoms with van der Waals surface area (Å²) in [5, 5.41) is 3.78. The molecule has 1 N–H and O–H groups in total. The van der Waals surface area contributed by atoms with Crippen LogP contribution in [0.5, 0.6) is 0 Å². The molecule has 4 heteroatoms. The third-order valence-corrected chi connectivity index (χ3v) is 4.18. The van der Waals surface area contributed by atoms with E-state index < -0.39 is 0 Å². The normalized spacial score (nSPS) is 17.8. The lowest BCUT2D eigenvalue weighted by molar-refractivity contribution is 0.518. The summed E-state index contributed by atoms with van der Waals surface area (Å²) in [4.78, 5) is 2.15. The van der Waals surface area contributed by atoms with Gasteiger partial charge < -0.3 is 10.2 Å². The fourth-order valence-electron chi connectivity index (χ4n) is 2.71. The van der Waals surface area contributed by atoms with Crippen LogP contribution in [0.4, 0.5) is 10.1 Å². The first-order valence-electron chi connectivity index (χ1n) is 7.09. The molecular formula is C17H17FN2S. The maximum Gasteiger partial charge on any atom is 0.173 e. The Morgan fingerprint density at radius 2 is 1.95 bits per heavy atom. The summed E-state index contributed by atoms with van der Waals surface area (Å²) in [5.41, 5.74) is 2.05. The first-order valence-corrected chi connectivity index (χ1v) is 7.49. The zero-order valence-electron chi connectivity index (χ0n) is 11.6. The van der Waals surface area contributed by atoms with Crippen LogP contribution < -0.4 is 5.32 Å². The molecule has 0 radical (unpaired) electrons. The van der Waals surface area contributed by atoms with E-state index >= 15 is 0 Å². The molecule has 3 rings (SSSR count). The van der Waals surface area contributed by atoms with Gasteiger partial charge in [0.05, 0.1) is 0 Å². The predicted molar refractivity (Wildman–Crippen MR) is 88.0 cm³/mol. The lowest BCUT2D eigenvalue weighted by Gasteiger charge is -2.20. The van der Waals surface area contributed by atoms with Gasteiger partial charge in [0.1, 0.15) is 5.82 Å². The van der Waals surface area contributed by atoms with Gasteiger partial charge in [0, 0.05) is 24.7 Å². The minimum absolute atomic E-state index is 0.258. The fraction of sp³-hybridized carbons (Fsp3) is 0.235. The Labute approximate surface area is 129 Å². The maximum atomic E-state index is 13.2. The molecule has 1 aliphatic rings. The van der Waals surface area contributed by atoms with Crippen molar-refractivity contribution in [2.45, 2.75) is 12.3 Å². The molecule has 0 aliphatic carbocycles. The molecule has 2 aromatic carbocycles. The molecule has 0 saturated carbocycles. The number of anilines is 1. The van der Waals surface area contributed by atoms with Gasteiger partial charge in [-0.05, 0) is 42.4 Å². The average Bonchev–Trinajstić information content (AvgIpc) is 2.98. The van der Waals surface area contributed by atoms with Crippen molar-refractivity contribution in [3.8, 4) is 0 Å². The number of nitrogens with zero attached hydrogens (tertiary/aromatic N) is 1. The van der Waals surface area contributed by atoms with Crippen molar-refractivity contribution in [3.63, 3.8) is 0 Å². The van der Waals surface area contributed by atoms with E-state index in [1.165, 1.54) is 17.7 Å². The van der Waals surface area contributed by atoms with E-state index in [0.29, 0.717) is 16.7 Å². The van der Waals surface area contributed by atoms with Gasteiger partial charge in [-0.1, -0.05) is 36.4 Å². The average molecular weight is 300 g/mol. The van der Waals surface area contributed by atoms with Gasteiger partial charge in [0.2, 0.25) is 0 Å². The van der Waals surface area contributed by atoms with Gasteiger partial charge >= 0.3 is 0 Å². The number of thiocarbonyl (C=S) groups is 1. The second-order valence-corrected chi connectivity index (χ2v) is 5.67. The number of hydrogen-bond acceptors (Lipinski definition) is 1. The number of nitrogens with one attached hydrogen (secondary N) is 1. The van der Waals surface area contributed by atoms with E-state index in [4.69, 9.17) is 12.2 Å². The van der Waals surface area contributed by atoms with E-state index in [1.807, 2.05) is 12.1 Å². The van der Waals surface area contributed by atoms with Crippen molar-refractivity contribution in [1.82, 2.24) is 4.90 Å². The van der Waals surface area contributed by atoms with E-state index in [0.717, 1.165) is 19.5 Å². The zero-order chi connectivity index (χ0) is 14.7. The first-order chi connectivity index (χ1) is 10.2. The summed E-state index contributed by atoms with van der Waals surface area (Å²) in [5.74, 6) is 0.254. The lowest BCUT2D eigenvalue weighted by Crippen LogP contribution is -2.32. The molecule has 108 valence electrons. The van der Waals surface area contributed by atoms with Gasteiger partial charge in [-0.15, -0.1) is 0 Å². The lowest BCUT2D eigenvalue weighted by atomic mass is 9.99. The summed E-state index contributed by atoms with van der Waals surface area (Å²) in [6.07, 6.45) is 1.09. The summed E-state index contributed by atoms with van der Waals surface area (Å²) in [7, 11) is 0. The van der Waals surface area contributed by atoms with E-state index in [9.17, 15) is 4.39 Å². The van der Waals surface area contributed by atoms with Crippen LogP contribution >= 0.6 is 12.2 Å². The smallest absolute Gasteiger partial charge is 0.173 e. The molecular weight excluding hydrogens is 283 g/mol. The highest BCUT2D eigenvalue weighted by Gasteiger charge is 2.25. The summed E-state index contributed by atoms with van der Waals surface area (Å²) >= 11 is 5.43. The Kier molecular flexibility index (Phi) is 4.15. The standard InChI is InChI=1S/C17H17FN2S/c18-15-7-4-8-16(11-15)19-17(21)20-10-9-14(12-20)13-5-2-1-3-6-13/h1-8,11,14H,9-10,12H2,(H,19,21)/t14-/m0/s1. The van der Waals surface area contributed by atoms with Crippen LogP contribution in [0.3, 0.4) is 0 Å². The first kappa shape index (κ1) is 14.0. The van der Waals surface area contributed by atoms with E-state index in [2.05, 4.69) is 34.5 Å². The molecule has 21 heavy (non-hydrogen) atoms. The van der Waals surface area contributed by atoms with E-state index in [-0.39, 0.29) is 5.82 Å². The highest BCUT2D eigenvalue weighted by atomic mass is 32.1. The number of likely N-dealkylation sites (tertiary alicyclic amines) is 1. The van der Waals surface area contributed by atoms with E-state index in [1.54, 1.807) is 6.07 Å². The number of rotatable bonds is 2. The van der Waals surface area contributed by atoms with Crippen LogP contribution in [-0.4, -0.2) is 23.1 Å².